The van der Waals surface area contributed by atoms with E-state index in [1.54, 1.807) is 0 Å². The summed E-state index contributed by atoms with van der Waals surface area (Å²) in [5.41, 5.74) is 0. The molecule has 2 fully saturated rings. The van der Waals surface area contributed by atoms with Crippen molar-refractivity contribution >= 4 is 21.8 Å². The quantitative estimate of drug-likeness (QED) is 0.733. The van der Waals surface area contributed by atoms with Crippen LogP contribution in [0.4, 0.5) is 0 Å². The molecule has 2 atom stereocenters. The van der Waals surface area contributed by atoms with Gasteiger partial charge in [0.25, 0.3) is 0 Å². The van der Waals surface area contributed by atoms with Gasteiger partial charge in [-0.25, -0.2) is 0 Å². The zero-order chi connectivity index (χ0) is 10.8. The molecule has 3 nitrogen and oxygen atoms in total. The van der Waals surface area contributed by atoms with Crippen LogP contribution < -0.4 is 0 Å². The van der Waals surface area contributed by atoms with E-state index in [-0.39, 0.29) is 10.7 Å². The van der Waals surface area contributed by atoms with Crippen molar-refractivity contribution in [2.45, 2.75) is 37.1 Å². The second kappa shape index (κ2) is 4.83. The van der Waals surface area contributed by atoms with Crippen LogP contribution in [0.2, 0.25) is 0 Å². The monoisotopic (exact) mass is 275 g/mol. The molecule has 2 unspecified atom stereocenters. The number of halogens is 1. The standard InChI is InChI=1S/C11H18BrNO2/c1-8(12)11(14)13(10-2-3-10)6-9-4-5-15-7-9/h8-10H,2-7H2,1H3. The minimum atomic E-state index is -0.0552. The van der Waals surface area contributed by atoms with Gasteiger partial charge in [-0.05, 0) is 26.2 Å². The van der Waals surface area contributed by atoms with Gasteiger partial charge >= 0.3 is 0 Å². The lowest BCUT2D eigenvalue weighted by molar-refractivity contribution is -0.131. The minimum Gasteiger partial charge on any atom is -0.381 e. The fourth-order valence-electron chi connectivity index (χ4n) is 2.04. The zero-order valence-corrected chi connectivity index (χ0v) is 10.7. The number of rotatable bonds is 4. The van der Waals surface area contributed by atoms with Crippen molar-refractivity contribution < 1.29 is 9.53 Å². The molecule has 0 aromatic rings. The fourth-order valence-corrected chi connectivity index (χ4v) is 2.30. The maximum absolute atomic E-state index is 12.0. The Bertz CT molecular complexity index is 235. The number of ether oxygens (including phenoxy) is 1. The predicted octanol–water partition coefficient (Wildman–Crippen LogP) is 1.80. The van der Waals surface area contributed by atoms with E-state index in [9.17, 15) is 4.79 Å². The molecular formula is C11H18BrNO2. The Morgan fingerprint density at radius 1 is 1.53 bits per heavy atom. The summed E-state index contributed by atoms with van der Waals surface area (Å²) < 4.78 is 5.35. The highest BCUT2D eigenvalue weighted by Crippen LogP contribution is 2.30. The van der Waals surface area contributed by atoms with E-state index < -0.39 is 0 Å². The van der Waals surface area contributed by atoms with Gasteiger partial charge in [-0.1, -0.05) is 15.9 Å². The van der Waals surface area contributed by atoms with Crippen molar-refractivity contribution in [3.8, 4) is 0 Å². The minimum absolute atomic E-state index is 0.0552. The van der Waals surface area contributed by atoms with Crippen LogP contribution in [0.3, 0.4) is 0 Å². The molecule has 4 heteroatoms. The summed E-state index contributed by atoms with van der Waals surface area (Å²) >= 11 is 3.36. The van der Waals surface area contributed by atoms with E-state index in [1.165, 1.54) is 12.8 Å². The molecule has 1 aliphatic carbocycles. The van der Waals surface area contributed by atoms with Gasteiger partial charge in [-0.2, -0.15) is 0 Å². The van der Waals surface area contributed by atoms with Gasteiger partial charge in [-0.15, -0.1) is 0 Å². The third-order valence-electron chi connectivity index (χ3n) is 3.09. The Kier molecular flexibility index (Phi) is 3.67. The summed E-state index contributed by atoms with van der Waals surface area (Å²) in [6, 6.07) is 0.512. The zero-order valence-electron chi connectivity index (χ0n) is 9.12. The first-order valence-corrected chi connectivity index (χ1v) is 6.62. The van der Waals surface area contributed by atoms with Crippen molar-refractivity contribution in [2.75, 3.05) is 19.8 Å². The van der Waals surface area contributed by atoms with Crippen molar-refractivity contribution in [3.05, 3.63) is 0 Å². The highest BCUT2D eigenvalue weighted by Gasteiger charge is 2.35. The first-order valence-electron chi connectivity index (χ1n) is 5.70. The molecule has 0 radical (unpaired) electrons. The van der Waals surface area contributed by atoms with E-state index in [2.05, 4.69) is 20.8 Å². The van der Waals surface area contributed by atoms with Crippen molar-refractivity contribution in [1.29, 1.82) is 0 Å². The first kappa shape index (κ1) is 11.4. The van der Waals surface area contributed by atoms with E-state index in [1.807, 2.05) is 6.92 Å². The average molecular weight is 276 g/mol. The number of alkyl halides is 1. The van der Waals surface area contributed by atoms with Crippen molar-refractivity contribution in [2.24, 2.45) is 5.92 Å². The molecule has 0 bridgehead atoms. The van der Waals surface area contributed by atoms with Crippen LogP contribution in [0.1, 0.15) is 26.2 Å². The highest BCUT2D eigenvalue weighted by molar-refractivity contribution is 9.10. The van der Waals surface area contributed by atoms with Crippen LogP contribution in [-0.4, -0.2) is 41.4 Å². The van der Waals surface area contributed by atoms with E-state index in [4.69, 9.17) is 4.74 Å². The van der Waals surface area contributed by atoms with Gasteiger partial charge in [-0.3, -0.25) is 4.79 Å². The van der Waals surface area contributed by atoms with Crippen LogP contribution >= 0.6 is 15.9 Å². The lowest BCUT2D eigenvalue weighted by Crippen LogP contribution is -2.40. The summed E-state index contributed by atoms with van der Waals surface area (Å²) in [4.78, 5) is 13.9. The molecule has 0 N–H and O–H groups in total. The van der Waals surface area contributed by atoms with Gasteiger partial charge in [0, 0.05) is 25.1 Å². The maximum atomic E-state index is 12.0. The Morgan fingerprint density at radius 3 is 2.73 bits per heavy atom. The molecule has 0 aromatic heterocycles. The van der Waals surface area contributed by atoms with Gasteiger partial charge in [0.2, 0.25) is 5.91 Å². The lowest BCUT2D eigenvalue weighted by atomic mass is 10.1. The highest BCUT2D eigenvalue weighted by atomic mass is 79.9. The molecule has 0 spiro atoms. The van der Waals surface area contributed by atoms with Crippen LogP contribution in [-0.2, 0) is 9.53 Å². The van der Waals surface area contributed by atoms with E-state index in [0.29, 0.717) is 12.0 Å². The molecule has 1 saturated carbocycles. The smallest absolute Gasteiger partial charge is 0.236 e. The SMILES string of the molecule is CC(Br)C(=O)N(CC1CCOC1)C1CC1. The molecule has 86 valence electrons. The second-order valence-electron chi connectivity index (χ2n) is 4.57. The van der Waals surface area contributed by atoms with Crippen LogP contribution in [0.15, 0.2) is 0 Å². The van der Waals surface area contributed by atoms with Crippen molar-refractivity contribution in [1.82, 2.24) is 4.90 Å². The summed E-state index contributed by atoms with van der Waals surface area (Å²) in [5.74, 6) is 0.796. The lowest BCUT2D eigenvalue weighted by Gasteiger charge is -2.26. The molecular weight excluding hydrogens is 258 g/mol. The largest absolute Gasteiger partial charge is 0.381 e. The number of carbonyl (C=O) groups is 1. The molecule has 1 saturated heterocycles. The maximum Gasteiger partial charge on any atom is 0.236 e. The van der Waals surface area contributed by atoms with Gasteiger partial charge < -0.3 is 9.64 Å². The number of carbonyl (C=O) groups excluding carboxylic acids is 1. The number of amides is 1. The first-order chi connectivity index (χ1) is 7.18. The van der Waals surface area contributed by atoms with Crippen LogP contribution in [0.5, 0.6) is 0 Å². The van der Waals surface area contributed by atoms with Crippen LogP contribution in [0, 0.1) is 5.92 Å². The Balaban J connectivity index is 1.90. The third-order valence-corrected chi connectivity index (χ3v) is 3.48. The second-order valence-corrected chi connectivity index (χ2v) is 5.94. The van der Waals surface area contributed by atoms with Gasteiger partial charge in [0.05, 0.1) is 11.4 Å². The molecule has 2 aliphatic rings. The molecule has 0 aromatic carbocycles. The number of hydrogen-bond donors (Lipinski definition) is 0. The van der Waals surface area contributed by atoms with Gasteiger partial charge in [0.15, 0.2) is 0 Å². The van der Waals surface area contributed by atoms with Crippen molar-refractivity contribution in [3.63, 3.8) is 0 Å². The van der Waals surface area contributed by atoms with Gasteiger partial charge in [0.1, 0.15) is 0 Å². The number of nitrogens with zero attached hydrogens (tertiary/aromatic N) is 1. The normalized spacial score (nSPS) is 27.7. The Hall–Kier alpha value is -0.0900. The van der Waals surface area contributed by atoms with E-state index >= 15 is 0 Å². The average Bonchev–Trinajstić information content (AvgIpc) is 2.92. The Morgan fingerprint density at radius 2 is 2.27 bits per heavy atom. The fraction of sp³-hybridized carbons (Fsp3) is 0.909. The summed E-state index contributed by atoms with van der Waals surface area (Å²) in [5, 5.41) is 0. The van der Waals surface area contributed by atoms with E-state index in [0.717, 1.165) is 26.2 Å². The molecule has 1 heterocycles. The topological polar surface area (TPSA) is 29.5 Å². The van der Waals surface area contributed by atoms with Crippen LogP contribution in [0.25, 0.3) is 0 Å². The summed E-state index contributed by atoms with van der Waals surface area (Å²) in [6.07, 6.45) is 3.46. The third kappa shape index (κ3) is 2.94. The predicted molar refractivity (Wildman–Crippen MR) is 62.1 cm³/mol. The summed E-state index contributed by atoms with van der Waals surface area (Å²) in [7, 11) is 0. The number of hydrogen-bond acceptors (Lipinski definition) is 2. The molecule has 2 rings (SSSR count). The molecule has 1 amide bonds. The Labute approximate surface area is 99.3 Å². The molecule has 1 aliphatic heterocycles. The summed E-state index contributed by atoms with van der Waals surface area (Å²) in [6.45, 7) is 4.48. The molecule has 15 heavy (non-hydrogen) atoms.